The van der Waals surface area contributed by atoms with Crippen LogP contribution in [0.2, 0.25) is 0 Å². The number of nitrogens with zero attached hydrogens (tertiary/aromatic N) is 2. The predicted molar refractivity (Wildman–Crippen MR) is 130 cm³/mol. The molecule has 1 aliphatic rings. The van der Waals surface area contributed by atoms with Gasteiger partial charge in [-0.05, 0) is 81.0 Å². The number of amides is 1. The number of imidazole rings is 1. The van der Waals surface area contributed by atoms with Crippen molar-refractivity contribution in [2.45, 2.75) is 46.1 Å². The van der Waals surface area contributed by atoms with Crippen LogP contribution in [-0.4, -0.2) is 27.3 Å². The van der Waals surface area contributed by atoms with Gasteiger partial charge in [-0.1, -0.05) is 48.0 Å². The van der Waals surface area contributed by atoms with Crippen LogP contribution in [-0.2, 0) is 5.54 Å². The largest absolute Gasteiger partial charge is 0.340 e. The maximum absolute atomic E-state index is 13.9. The molecule has 1 atom stereocenters. The summed E-state index contributed by atoms with van der Waals surface area (Å²) in [6.45, 7) is 9.17. The Morgan fingerprint density at radius 2 is 1.72 bits per heavy atom. The van der Waals surface area contributed by atoms with Crippen LogP contribution in [0.4, 0.5) is 0 Å². The molecule has 0 aliphatic carbocycles. The standard InChI is InChI=1S/C28H29N3O/c1-18-10-12-21(13-11-18)22-8-5-6-9-23(22)26(32)31-15-7-14-28(31,4)27-29-24-16-19(2)20(3)17-25(24)30-27/h5-6,8-13,16-17H,7,14-15H2,1-4H3,(H,29,30)/t28-/m0/s1. The lowest BCUT2D eigenvalue weighted by Crippen LogP contribution is -2.43. The van der Waals surface area contributed by atoms with E-state index in [9.17, 15) is 4.79 Å². The van der Waals surface area contributed by atoms with Gasteiger partial charge in [0.25, 0.3) is 5.91 Å². The highest BCUT2D eigenvalue weighted by molar-refractivity contribution is 6.01. The molecule has 32 heavy (non-hydrogen) atoms. The molecule has 4 heteroatoms. The maximum atomic E-state index is 13.9. The molecule has 0 unspecified atom stereocenters. The third-order valence-corrected chi connectivity index (χ3v) is 7.01. The third kappa shape index (κ3) is 3.31. The zero-order chi connectivity index (χ0) is 22.5. The van der Waals surface area contributed by atoms with Gasteiger partial charge in [-0.3, -0.25) is 4.79 Å². The van der Waals surface area contributed by atoms with Gasteiger partial charge >= 0.3 is 0 Å². The smallest absolute Gasteiger partial charge is 0.255 e. The molecule has 1 saturated heterocycles. The van der Waals surface area contributed by atoms with E-state index in [1.54, 1.807) is 0 Å². The average Bonchev–Trinajstić information content (AvgIpc) is 3.38. The van der Waals surface area contributed by atoms with Gasteiger partial charge in [-0.25, -0.2) is 4.98 Å². The second-order valence-electron chi connectivity index (χ2n) is 9.28. The molecule has 1 aliphatic heterocycles. The number of carbonyl (C=O) groups is 1. The van der Waals surface area contributed by atoms with Crippen molar-refractivity contribution in [2.24, 2.45) is 0 Å². The number of likely N-dealkylation sites (tertiary alicyclic amines) is 1. The minimum absolute atomic E-state index is 0.0639. The van der Waals surface area contributed by atoms with Crippen LogP contribution in [0.25, 0.3) is 22.2 Å². The van der Waals surface area contributed by atoms with E-state index >= 15 is 0 Å². The molecular formula is C28H29N3O. The van der Waals surface area contributed by atoms with E-state index in [0.29, 0.717) is 0 Å². The molecule has 0 saturated carbocycles. The monoisotopic (exact) mass is 423 g/mol. The van der Waals surface area contributed by atoms with Crippen LogP contribution in [0.15, 0.2) is 60.7 Å². The van der Waals surface area contributed by atoms with Gasteiger partial charge in [0.1, 0.15) is 5.82 Å². The summed E-state index contributed by atoms with van der Waals surface area (Å²) in [7, 11) is 0. The Morgan fingerprint density at radius 3 is 2.50 bits per heavy atom. The van der Waals surface area contributed by atoms with Crippen LogP contribution in [0.3, 0.4) is 0 Å². The van der Waals surface area contributed by atoms with Crippen LogP contribution in [0.1, 0.15) is 52.6 Å². The van der Waals surface area contributed by atoms with Crippen LogP contribution >= 0.6 is 0 Å². The first kappa shape index (κ1) is 20.5. The first-order valence-electron chi connectivity index (χ1n) is 11.3. The molecule has 1 amide bonds. The van der Waals surface area contributed by atoms with Crippen molar-refractivity contribution in [1.29, 1.82) is 0 Å². The second-order valence-corrected chi connectivity index (χ2v) is 9.28. The summed E-state index contributed by atoms with van der Waals surface area (Å²) in [6, 6.07) is 20.6. The van der Waals surface area contributed by atoms with Crippen LogP contribution < -0.4 is 0 Å². The van der Waals surface area contributed by atoms with E-state index in [2.05, 4.69) is 69.1 Å². The molecule has 1 N–H and O–H groups in total. The zero-order valence-electron chi connectivity index (χ0n) is 19.2. The SMILES string of the molecule is Cc1ccc(-c2ccccc2C(=O)N2CCC[C@@]2(C)c2nc3cc(C)c(C)cc3[nH]2)cc1. The summed E-state index contributed by atoms with van der Waals surface area (Å²) in [5.41, 5.74) is 7.99. The molecule has 1 aromatic heterocycles. The fraction of sp³-hybridized carbons (Fsp3) is 0.286. The molecule has 5 rings (SSSR count). The number of benzene rings is 3. The molecule has 0 spiro atoms. The lowest BCUT2D eigenvalue weighted by atomic mass is 9.94. The Hall–Kier alpha value is -3.40. The van der Waals surface area contributed by atoms with Gasteiger partial charge in [-0.2, -0.15) is 0 Å². The van der Waals surface area contributed by atoms with Gasteiger partial charge in [0, 0.05) is 12.1 Å². The highest BCUT2D eigenvalue weighted by Gasteiger charge is 2.44. The number of H-pyrrole nitrogens is 1. The highest BCUT2D eigenvalue weighted by Crippen LogP contribution is 2.40. The Balaban J connectivity index is 1.55. The van der Waals surface area contributed by atoms with Crippen molar-refractivity contribution in [3.05, 3.63) is 88.7 Å². The van der Waals surface area contributed by atoms with Gasteiger partial charge in [0.15, 0.2) is 0 Å². The molecule has 0 bridgehead atoms. The van der Waals surface area contributed by atoms with Gasteiger partial charge in [0.05, 0.1) is 16.6 Å². The number of aromatic amines is 1. The summed E-state index contributed by atoms with van der Waals surface area (Å²) in [5.74, 6) is 0.935. The minimum atomic E-state index is -0.460. The predicted octanol–water partition coefficient (Wildman–Crippen LogP) is 6.31. The fourth-order valence-electron chi connectivity index (χ4n) is 4.86. The number of rotatable bonds is 3. The molecular weight excluding hydrogens is 394 g/mol. The van der Waals surface area contributed by atoms with E-state index in [4.69, 9.17) is 4.98 Å². The topological polar surface area (TPSA) is 49.0 Å². The van der Waals surface area contributed by atoms with Crippen molar-refractivity contribution in [3.63, 3.8) is 0 Å². The van der Waals surface area contributed by atoms with E-state index in [0.717, 1.165) is 52.9 Å². The zero-order valence-corrected chi connectivity index (χ0v) is 19.2. The number of fused-ring (bicyclic) bond motifs is 1. The highest BCUT2D eigenvalue weighted by atomic mass is 16.2. The van der Waals surface area contributed by atoms with E-state index in [1.165, 1.54) is 16.7 Å². The first-order chi connectivity index (χ1) is 15.4. The third-order valence-electron chi connectivity index (χ3n) is 7.01. The lowest BCUT2D eigenvalue weighted by Gasteiger charge is -2.34. The second kappa shape index (κ2) is 7.63. The number of aromatic nitrogens is 2. The Bertz CT molecular complexity index is 1280. The van der Waals surface area contributed by atoms with Crippen molar-refractivity contribution < 1.29 is 4.79 Å². The van der Waals surface area contributed by atoms with Crippen molar-refractivity contribution in [1.82, 2.24) is 14.9 Å². The Labute approximate surface area is 189 Å². The summed E-state index contributed by atoms with van der Waals surface area (Å²) >= 11 is 0. The molecule has 1 fully saturated rings. The number of carbonyl (C=O) groups excluding carboxylic acids is 1. The van der Waals surface area contributed by atoms with Crippen LogP contribution in [0.5, 0.6) is 0 Å². The quantitative estimate of drug-likeness (QED) is 0.420. The van der Waals surface area contributed by atoms with Gasteiger partial charge in [-0.15, -0.1) is 0 Å². The van der Waals surface area contributed by atoms with Gasteiger partial charge in [0.2, 0.25) is 0 Å². The van der Waals surface area contributed by atoms with Crippen LogP contribution in [0, 0.1) is 20.8 Å². The number of aryl methyl sites for hydroxylation is 3. The number of hydrogen-bond donors (Lipinski definition) is 1. The number of hydrogen-bond acceptors (Lipinski definition) is 2. The molecule has 2 heterocycles. The van der Waals surface area contributed by atoms with E-state index in [1.807, 2.05) is 29.2 Å². The normalized spacial score (nSPS) is 18.4. The maximum Gasteiger partial charge on any atom is 0.255 e. The number of nitrogens with one attached hydrogen (secondary N) is 1. The Kier molecular flexibility index (Phi) is 4.89. The van der Waals surface area contributed by atoms with Crippen molar-refractivity contribution in [2.75, 3.05) is 6.54 Å². The molecule has 4 aromatic rings. The van der Waals surface area contributed by atoms with Crippen molar-refractivity contribution >= 4 is 16.9 Å². The fourth-order valence-corrected chi connectivity index (χ4v) is 4.86. The van der Waals surface area contributed by atoms with E-state index < -0.39 is 5.54 Å². The minimum Gasteiger partial charge on any atom is -0.340 e. The van der Waals surface area contributed by atoms with E-state index in [-0.39, 0.29) is 5.91 Å². The molecule has 3 aromatic carbocycles. The summed E-state index contributed by atoms with van der Waals surface area (Å²) in [4.78, 5) is 24.4. The first-order valence-corrected chi connectivity index (χ1v) is 11.3. The summed E-state index contributed by atoms with van der Waals surface area (Å²) < 4.78 is 0. The molecule has 4 nitrogen and oxygen atoms in total. The summed E-state index contributed by atoms with van der Waals surface area (Å²) in [6.07, 6.45) is 1.85. The average molecular weight is 424 g/mol. The van der Waals surface area contributed by atoms with Crippen molar-refractivity contribution in [3.8, 4) is 11.1 Å². The molecule has 0 radical (unpaired) electrons. The summed E-state index contributed by atoms with van der Waals surface area (Å²) in [5, 5.41) is 0. The van der Waals surface area contributed by atoms with Gasteiger partial charge < -0.3 is 9.88 Å². The Morgan fingerprint density at radius 1 is 1.00 bits per heavy atom. The molecule has 162 valence electrons. The lowest BCUT2D eigenvalue weighted by molar-refractivity contribution is 0.0607.